The molecule has 4 nitrogen and oxygen atoms in total. The summed E-state index contributed by atoms with van der Waals surface area (Å²) in [6, 6.07) is 16.4. The highest BCUT2D eigenvalue weighted by molar-refractivity contribution is 5.23. The van der Waals surface area contributed by atoms with Crippen LogP contribution >= 0.6 is 0 Å². The topological polar surface area (TPSA) is 41.9 Å². The van der Waals surface area contributed by atoms with E-state index in [1.807, 2.05) is 25.1 Å². The molecule has 3 rings (SSSR count). The zero-order chi connectivity index (χ0) is 17.6. The van der Waals surface area contributed by atoms with Crippen LogP contribution in [0.25, 0.3) is 0 Å². The van der Waals surface area contributed by atoms with Gasteiger partial charge in [0.05, 0.1) is 18.8 Å². The van der Waals surface area contributed by atoms with E-state index in [2.05, 4.69) is 17.0 Å². The van der Waals surface area contributed by atoms with Gasteiger partial charge >= 0.3 is 0 Å². The van der Waals surface area contributed by atoms with E-state index < -0.39 is 11.9 Å². The highest BCUT2D eigenvalue weighted by atomic mass is 19.1. The van der Waals surface area contributed by atoms with Gasteiger partial charge in [-0.05, 0) is 24.6 Å². The average molecular weight is 345 g/mol. The zero-order valence-electron chi connectivity index (χ0n) is 14.3. The standard InChI is InChI=1S/C20H24FNO3/c1-15-11-22(19(14-24-15)16-7-3-2-4-8-16)12-17(23)13-25-20-10-6-5-9-18(20)21/h2-10,15,17,19,23H,11-14H2,1H3/t15-,17+,19+/m1/s1. The minimum atomic E-state index is -0.712. The van der Waals surface area contributed by atoms with Gasteiger partial charge in [0.1, 0.15) is 12.7 Å². The van der Waals surface area contributed by atoms with E-state index in [-0.39, 0.29) is 24.5 Å². The van der Waals surface area contributed by atoms with Crippen LogP contribution in [0.5, 0.6) is 5.75 Å². The molecular weight excluding hydrogens is 321 g/mol. The molecule has 2 aromatic carbocycles. The summed E-state index contributed by atoms with van der Waals surface area (Å²) >= 11 is 0. The lowest BCUT2D eigenvalue weighted by Gasteiger charge is -2.39. The van der Waals surface area contributed by atoms with Crippen LogP contribution in [0, 0.1) is 5.82 Å². The number of nitrogens with zero attached hydrogens (tertiary/aromatic N) is 1. The van der Waals surface area contributed by atoms with Gasteiger partial charge in [-0.15, -0.1) is 0 Å². The van der Waals surface area contributed by atoms with Crippen molar-refractivity contribution in [2.45, 2.75) is 25.2 Å². The maximum atomic E-state index is 13.6. The molecule has 134 valence electrons. The Labute approximate surface area is 147 Å². The summed E-state index contributed by atoms with van der Waals surface area (Å²) < 4.78 is 24.8. The van der Waals surface area contributed by atoms with Gasteiger partial charge in [-0.25, -0.2) is 4.39 Å². The maximum absolute atomic E-state index is 13.6. The number of hydrogen-bond donors (Lipinski definition) is 1. The van der Waals surface area contributed by atoms with Crippen LogP contribution in [-0.4, -0.2) is 48.5 Å². The quantitative estimate of drug-likeness (QED) is 0.874. The predicted molar refractivity (Wildman–Crippen MR) is 94.1 cm³/mol. The minimum Gasteiger partial charge on any atom is -0.488 e. The zero-order valence-corrected chi connectivity index (χ0v) is 14.3. The molecule has 5 heteroatoms. The van der Waals surface area contributed by atoms with Crippen LogP contribution in [0.3, 0.4) is 0 Å². The Balaban J connectivity index is 1.61. The van der Waals surface area contributed by atoms with Crippen molar-refractivity contribution >= 4 is 0 Å². The number of hydrogen-bond acceptors (Lipinski definition) is 4. The average Bonchev–Trinajstić information content (AvgIpc) is 2.62. The van der Waals surface area contributed by atoms with E-state index in [9.17, 15) is 9.50 Å². The molecule has 1 saturated heterocycles. The van der Waals surface area contributed by atoms with Crippen molar-refractivity contribution in [1.82, 2.24) is 4.90 Å². The number of halogens is 1. The maximum Gasteiger partial charge on any atom is 0.165 e. The Morgan fingerprint density at radius 3 is 2.68 bits per heavy atom. The van der Waals surface area contributed by atoms with Crippen molar-refractivity contribution in [1.29, 1.82) is 0 Å². The van der Waals surface area contributed by atoms with Crippen molar-refractivity contribution in [3.63, 3.8) is 0 Å². The molecule has 0 radical (unpaired) electrons. The van der Waals surface area contributed by atoms with Gasteiger partial charge in [0.25, 0.3) is 0 Å². The van der Waals surface area contributed by atoms with E-state index in [4.69, 9.17) is 9.47 Å². The largest absolute Gasteiger partial charge is 0.488 e. The van der Waals surface area contributed by atoms with Crippen molar-refractivity contribution in [3.05, 3.63) is 66.0 Å². The Bertz CT molecular complexity index is 667. The van der Waals surface area contributed by atoms with Gasteiger partial charge in [0, 0.05) is 13.1 Å². The molecule has 1 N–H and O–H groups in total. The number of para-hydroxylation sites is 1. The van der Waals surface area contributed by atoms with Crippen LogP contribution in [0.15, 0.2) is 54.6 Å². The summed E-state index contributed by atoms with van der Waals surface area (Å²) in [4.78, 5) is 2.21. The molecule has 1 heterocycles. The molecule has 1 aliphatic rings. The first kappa shape index (κ1) is 17.9. The number of β-amino-alcohol motifs (C(OH)–C–C–N with tert-alkyl or cyclic N) is 1. The van der Waals surface area contributed by atoms with E-state index in [1.54, 1.807) is 18.2 Å². The fourth-order valence-corrected chi connectivity index (χ4v) is 3.13. The van der Waals surface area contributed by atoms with E-state index in [1.165, 1.54) is 6.07 Å². The van der Waals surface area contributed by atoms with Crippen LogP contribution in [-0.2, 0) is 4.74 Å². The fourth-order valence-electron chi connectivity index (χ4n) is 3.13. The summed E-state index contributed by atoms with van der Waals surface area (Å²) in [5.74, 6) is -0.256. The number of ether oxygens (including phenoxy) is 2. The smallest absolute Gasteiger partial charge is 0.165 e. The second-order valence-corrected chi connectivity index (χ2v) is 6.42. The van der Waals surface area contributed by atoms with Gasteiger partial charge < -0.3 is 14.6 Å². The molecule has 0 aliphatic carbocycles. The summed E-state index contributed by atoms with van der Waals surface area (Å²) in [6.07, 6.45) is -0.601. The van der Waals surface area contributed by atoms with Crippen LogP contribution in [0.1, 0.15) is 18.5 Å². The SMILES string of the molecule is C[C@@H]1CN(C[C@H](O)COc2ccccc2F)[C@H](c2ccccc2)CO1. The van der Waals surface area contributed by atoms with E-state index in [0.29, 0.717) is 13.2 Å². The number of aliphatic hydroxyl groups is 1. The number of aliphatic hydroxyl groups excluding tert-OH is 1. The van der Waals surface area contributed by atoms with Crippen molar-refractivity contribution in [3.8, 4) is 5.75 Å². The lowest BCUT2D eigenvalue weighted by Crippen LogP contribution is -2.47. The molecule has 0 aromatic heterocycles. The Kier molecular flexibility index (Phi) is 6.02. The van der Waals surface area contributed by atoms with Gasteiger partial charge in [-0.2, -0.15) is 0 Å². The molecule has 1 aliphatic heterocycles. The van der Waals surface area contributed by atoms with Crippen molar-refractivity contribution in [2.75, 3.05) is 26.3 Å². The summed E-state index contributed by atoms with van der Waals surface area (Å²) in [6.45, 7) is 3.84. The van der Waals surface area contributed by atoms with Gasteiger partial charge in [0.15, 0.2) is 11.6 Å². The third-order valence-corrected chi connectivity index (χ3v) is 4.37. The molecule has 0 bridgehead atoms. The predicted octanol–water partition coefficient (Wildman–Crippen LogP) is 3.03. The molecule has 3 atom stereocenters. The van der Waals surface area contributed by atoms with Crippen molar-refractivity contribution < 1.29 is 19.0 Å². The lowest BCUT2D eigenvalue weighted by molar-refractivity contribution is -0.0717. The molecule has 0 spiro atoms. The lowest BCUT2D eigenvalue weighted by atomic mass is 10.0. The third-order valence-electron chi connectivity index (χ3n) is 4.37. The minimum absolute atomic E-state index is 0.0498. The van der Waals surface area contributed by atoms with Gasteiger partial charge in [-0.3, -0.25) is 4.90 Å². The summed E-state index contributed by atoms with van der Waals surface area (Å²) in [5, 5.41) is 10.4. The van der Waals surface area contributed by atoms with Crippen LogP contribution in [0.2, 0.25) is 0 Å². The van der Waals surface area contributed by atoms with E-state index >= 15 is 0 Å². The van der Waals surface area contributed by atoms with Crippen LogP contribution < -0.4 is 4.74 Å². The fraction of sp³-hybridized carbons (Fsp3) is 0.400. The highest BCUT2D eigenvalue weighted by Gasteiger charge is 2.29. The first-order valence-electron chi connectivity index (χ1n) is 8.59. The third kappa shape index (κ3) is 4.78. The van der Waals surface area contributed by atoms with Crippen LogP contribution in [0.4, 0.5) is 4.39 Å². The first-order chi connectivity index (χ1) is 12.1. The number of benzene rings is 2. The molecule has 0 amide bonds. The highest BCUT2D eigenvalue weighted by Crippen LogP contribution is 2.26. The molecule has 1 fully saturated rings. The first-order valence-corrected chi connectivity index (χ1v) is 8.59. The summed E-state index contributed by atoms with van der Waals surface area (Å²) in [7, 11) is 0. The second-order valence-electron chi connectivity index (χ2n) is 6.42. The number of morpholine rings is 1. The summed E-state index contributed by atoms with van der Waals surface area (Å²) in [5.41, 5.74) is 1.16. The van der Waals surface area contributed by atoms with E-state index in [0.717, 1.165) is 12.1 Å². The monoisotopic (exact) mass is 345 g/mol. The molecule has 2 aromatic rings. The Morgan fingerprint density at radius 1 is 1.20 bits per heavy atom. The normalized spacial score (nSPS) is 22.5. The molecule has 0 unspecified atom stereocenters. The number of rotatable bonds is 6. The Hall–Kier alpha value is -1.95. The molecule has 25 heavy (non-hydrogen) atoms. The Morgan fingerprint density at radius 2 is 1.92 bits per heavy atom. The van der Waals surface area contributed by atoms with Gasteiger partial charge in [0.2, 0.25) is 0 Å². The van der Waals surface area contributed by atoms with Crippen molar-refractivity contribution in [2.24, 2.45) is 0 Å². The second kappa shape index (κ2) is 8.43. The molecular formula is C20H24FNO3. The molecule has 0 saturated carbocycles. The van der Waals surface area contributed by atoms with Gasteiger partial charge in [-0.1, -0.05) is 42.5 Å².